The summed E-state index contributed by atoms with van der Waals surface area (Å²) < 4.78 is 5.89. The van der Waals surface area contributed by atoms with E-state index in [1.807, 2.05) is 6.07 Å². The van der Waals surface area contributed by atoms with Crippen LogP contribution in [-0.2, 0) is 0 Å². The van der Waals surface area contributed by atoms with Crippen LogP contribution in [0.25, 0.3) is 34.2 Å². The van der Waals surface area contributed by atoms with Gasteiger partial charge >= 0.3 is 0 Å². The van der Waals surface area contributed by atoms with Crippen molar-refractivity contribution in [2.75, 3.05) is 0 Å². The van der Waals surface area contributed by atoms with Crippen molar-refractivity contribution in [2.24, 2.45) is 0 Å². The fraction of sp³-hybridized carbons (Fsp3) is 0.111. The molecule has 0 bridgehead atoms. The SMILES string of the molecule is C1=c2oc3ccc(-c4ccccc4)cc3c2=CCC1. The fourth-order valence-electron chi connectivity index (χ4n) is 2.75. The summed E-state index contributed by atoms with van der Waals surface area (Å²) in [5, 5.41) is 2.49. The zero-order valence-corrected chi connectivity index (χ0v) is 10.6. The molecule has 1 aliphatic carbocycles. The second-order valence-corrected chi connectivity index (χ2v) is 4.94. The lowest BCUT2D eigenvalue weighted by atomic mass is 10.0. The molecule has 0 N–H and O–H groups in total. The number of fused-ring (bicyclic) bond motifs is 3. The van der Waals surface area contributed by atoms with Gasteiger partial charge in [0.05, 0.1) is 0 Å². The topological polar surface area (TPSA) is 13.1 Å². The quantitative estimate of drug-likeness (QED) is 0.641. The van der Waals surface area contributed by atoms with Gasteiger partial charge in [-0.05, 0) is 42.2 Å². The summed E-state index contributed by atoms with van der Waals surface area (Å²) in [5.74, 6) is 0. The van der Waals surface area contributed by atoms with Crippen molar-refractivity contribution in [1.82, 2.24) is 0 Å². The Morgan fingerprint density at radius 2 is 1.63 bits per heavy atom. The lowest BCUT2D eigenvalue weighted by molar-refractivity contribution is 0.572. The first kappa shape index (κ1) is 10.6. The van der Waals surface area contributed by atoms with Crippen molar-refractivity contribution in [1.29, 1.82) is 0 Å². The number of hydrogen-bond acceptors (Lipinski definition) is 1. The monoisotopic (exact) mass is 246 g/mol. The minimum absolute atomic E-state index is 0.985. The Bertz CT molecular complexity index is 854. The average molecular weight is 246 g/mol. The van der Waals surface area contributed by atoms with Crippen LogP contribution in [0.15, 0.2) is 52.9 Å². The van der Waals surface area contributed by atoms with E-state index in [-0.39, 0.29) is 0 Å². The van der Waals surface area contributed by atoms with Crippen molar-refractivity contribution >= 4 is 23.1 Å². The molecule has 0 saturated heterocycles. The van der Waals surface area contributed by atoms with Gasteiger partial charge in [-0.3, -0.25) is 0 Å². The van der Waals surface area contributed by atoms with E-state index in [0.29, 0.717) is 0 Å². The van der Waals surface area contributed by atoms with E-state index < -0.39 is 0 Å². The first-order chi connectivity index (χ1) is 9.42. The molecule has 1 aromatic heterocycles. The van der Waals surface area contributed by atoms with Gasteiger partial charge in [0, 0.05) is 10.6 Å². The first-order valence-corrected chi connectivity index (χ1v) is 6.70. The summed E-state index contributed by atoms with van der Waals surface area (Å²) in [6, 6.07) is 16.9. The van der Waals surface area contributed by atoms with E-state index >= 15 is 0 Å². The molecule has 0 aliphatic heterocycles. The van der Waals surface area contributed by atoms with Gasteiger partial charge in [-0.1, -0.05) is 42.5 Å². The highest BCUT2D eigenvalue weighted by Crippen LogP contribution is 2.22. The molecule has 0 radical (unpaired) electrons. The molecule has 0 unspecified atom stereocenters. The Labute approximate surface area is 111 Å². The molecule has 0 fully saturated rings. The maximum atomic E-state index is 5.89. The third-order valence-corrected chi connectivity index (χ3v) is 3.71. The smallest absolute Gasteiger partial charge is 0.135 e. The van der Waals surface area contributed by atoms with Crippen LogP contribution in [0.5, 0.6) is 0 Å². The van der Waals surface area contributed by atoms with E-state index in [9.17, 15) is 0 Å². The van der Waals surface area contributed by atoms with E-state index in [4.69, 9.17) is 4.42 Å². The molecule has 1 aliphatic rings. The number of furan rings is 1. The molecular weight excluding hydrogens is 232 g/mol. The van der Waals surface area contributed by atoms with Crippen molar-refractivity contribution in [3.63, 3.8) is 0 Å². The number of hydrogen-bond donors (Lipinski definition) is 0. The zero-order valence-electron chi connectivity index (χ0n) is 10.6. The van der Waals surface area contributed by atoms with Crippen LogP contribution in [0.1, 0.15) is 12.8 Å². The van der Waals surface area contributed by atoms with Crippen molar-refractivity contribution in [2.45, 2.75) is 12.8 Å². The molecule has 1 nitrogen and oxygen atoms in total. The second-order valence-electron chi connectivity index (χ2n) is 4.94. The number of rotatable bonds is 1. The molecule has 0 amide bonds. The van der Waals surface area contributed by atoms with Gasteiger partial charge in [0.2, 0.25) is 0 Å². The Morgan fingerprint density at radius 3 is 2.53 bits per heavy atom. The summed E-state index contributed by atoms with van der Waals surface area (Å²) in [6.07, 6.45) is 6.67. The largest absolute Gasteiger partial charge is 0.456 e. The van der Waals surface area contributed by atoms with Crippen LogP contribution in [0.4, 0.5) is 0 Å². The summed E-state index contributed by atoms with van der Waals surface area (Å²) in [4.78, 5) is 0. The van der Waals surface area contributed by atoms with Gasteiger partial charge in [0.15, 0.2) is 0 Å². The Kier molecular flexibility index (Phi) is 2.31. The fourth-order valence-corrected chi connectivity index (χ4v) is 2.75. The van der Waals surface area contributed by atoms with Gasteiger partial charge in [-0.2, -0.15) is 0 Å². The lowest BCUT2D eigenvalue weighted by Crippen LogP contribution is -2.22. The van der Waals surface area contributed by atoms with E-state index in [0.717, 1.165) is 23.8 Å². The zero-order chi connectivity index (χ0) is 12.7. The molecule has 92 valence electrons. The maximum Gasteiger partial charge on any atom is 0.135 e. The summed E-state index contributed by atoms with van der Waals surface area (Å²) >= 11 is 0. The highest BCUT2D eigenvalue weighted by atomic mass is 16.3. The Morgan fingerprint density at radius 1 is 0.789 bits per heavy atom. The molecule has 4 rings (SSSR count). The molecule has 0 spiro atoms. The van der Waals surface area contributed by atoms with Crippen molar-refractivity contribution in [3.05, 3.63) is 59.2 Å². The molecular formula is C18H14O. The highest BCUT2D eigenvalue weighted by Gasteiger charge is 2.07. The highest BCUT2D eigenvalue weighted by molar-refractivity contribution is 5.85. The average Bonchev–Trinajstić information content (AvgIpc) is 2.86. The van der Waals surface area contributed by atoms with Crippen LogP contribution in [0.2, 0.25) is 0 Å². The normalized spacial score (nSPS) is 13.7. The summed E-state index contributed by atoms with van der Waals surface area (Å²) in [5.41, 5.74) is 4.51. The van der Waals surface area contributed by atoms with Gasteiger partial charge < -0.3 is 4.42 Å². The number of benzene rings is 2. The molecule has 0 atom stereocenters. The first-order valence-electron chi connectivity index (χ1n) is 6.70. The third-order valence-electron chi connectivity index (χ3n) is 3.71. The summed E-state index contributed by atoms with van der Waals surface area (Å²) in [7, 11) is 0. The second kappa shape index (κ2) is 4.13. The van der Waals surface area contributed by atoms with Gasteiger partial charge in [0.1, 0.15) is 11.0 Å². The molecule has 3 aromatic rings. The van der Waals surface area contributed by atoms with Crippen molar-refractivity contribution < 1.29 is 4.42 Å². The predicted octanol–water partition coefficient (Wildman–Crippen LogP) is 3.45. The van der Waals surface area contributed by atoms with E-state index in [1.165, 1.54) is 21.7 Å². The molecule has 1 heterocycles. The van der Waals surface area contributed by atoms with Crippen LogP contribution in [0.3, 0.4) is 0 Å². The predicted molar refractivity (Wildman–Crippen MR) is 79.1 cm³/mol. The minimum Gasteiger partial charge on any atom is -0.456 e. The van der Waals surface area contributed by atoms with Crippen molar-refractivity contribution in [3.8, 4) is 11.1 Å². The maximum absolute atomic E-state index is 5.89. The molecule has 1 heteroatoms. The van der Waals surface area contributed by atoms with Crippen LogP contribution in [-0.4, -0.2) is 0 Å². The van der Waals surface area contributed by atoms with Crippen LogP contribution in [0, 0.1) is 0 Å². The van der Waals surface area contributed by atoms with Gasteiger partial charge in [0.25, 0.3) is 0 Å². The lowest BCUT2D eigenvalue weighted by Gasteiger charge is -2.01. The minimum atomic E-state index is 0.985. The Hall–Kier alpha value is -2.28. The summed E-state index contributed by atoms with van der Waals surface area (Å²) in [6.45, 7) is 0. The van der Waals surface area contributed by atoms with Crippen LogP contribution < -0.4 is 10.6 Å². The third kappa shape index (κ3) is 1.70. The Balaban J connectivity index is 2.02. The van der Waals surface area contributed by atoms with Crippen LogP contribution >= 0.6 is 0 Å². The standard InChI is InChI=1S/C18H14O/c1-2-6-13(7-3-1)14-10-11-18-16(12-14)15-8-4-5-9-17(15)19-18/h1-3,6-12H,4-5H2. The van der Waals surface area contributed by atoms with E-state index in [2.05, 4.69) is 54.6 Å². The van der Waals surface area contributed by atoms with Gasteiger partial charge in [-0.15, -0.1) is 0 Å². The molecule has 0 saturated carbocycles. The molecule has 2 aromatic carbocycles. The van der Waals surface area contributed by atoms with E-state index in [1.54, 1.807) is 0 Å². The molecule has 19 heavy (non-hydrogen) atoms. The van der Waals surface area contributed by atoms with Gasteiger partial charge in [-0.25, -0.2) is 0 Å².